The van der Waals surface area contributed by atoms with E-state index in [-0.39, 0.29) is 30.3 Å². The molecule has 2 aliphatic rings. The van der Waals surface area contributed by atoms with Gasteiger partial charge in [0, 0.05) is 26.2 Å². The fourth-order valence-corrected chi connectivity index (χ4v) is 6.08. The maximum Gasteiger partial charge on any atom is 0.318 e. The monoisotopic (exact) mass is 709 g/mol. The van der Waals surface area contributed by atoms with Gasteiger partial charge in [-0.25, -0.2) is 15.0 Å². The van der Waals surface area contributed by atoms with Gasteiger partial charge in [0.1, 0.15) is 12.1 Å². The summed E-state index contributed by atoms with van der Waals surface area (Å²) in [5.41, 5.74) is 7.60. The number of benzene rings is 2. The lowest BCUT2D eigenvalue weighted by atomic mass is 9.93. The summed E-state index contributed by atoms with van der Waals surface area (Å²) in [7, 11) is 0. The van der Waals surface area contributed by atoms with E-state index in [1.807, 2.05) is 88.4 Å². The Morgan fingerprint density at radius 1 is 0.686 bits per heavy atom. The Hall–Kier alpha value is -4.24. The first-order chi connectivity index (χ1) is 24.5. The fourth-order valence-electron chi connectivity index (χ4n) is 6.08. The third-order valence-electron chi connectivity index (χ3n) is 9.19. The molecule has 2 heterocycles. The Morgan fingerprint density at radius 2 is 1.16 bits per heavy atom. The van der Waals surface area contributed by atoms with Gasteiger partial charge in [0.15, 0.2) is 0 Å². The first-order valence-corrected chi connectivity index (χ1v) is 17.9. The molecule has 0 aliphatic carbocycles. The summed E-state index contributed by atoms with van der Waals surface area (Å²) in [4.78, 5) is 56.5. The molecule has 0 bridgehead atoms. The highest BCUT2D eigenvalue weighted by Crippen LogP contribution is 2.21. The number of hydrogen-bond acceptors (Lipinski definition) is 8. The molecule has 14 nitrogen and oxygen atoms in total. The van der Waals surface area contributed by atoms with Crippen LogP contribution in [0.3, 0.4) is 0 Å². The van der Waals surface area contributed by atoms with E-state index in [2.05, 4.69) is 26.8 Å². The van der Waals surface area contributed by atoms with Gasteiger partial charge in [0.05, 0.1) is 44.6 Å². The summed E-state index contributed by atoms with van der Waals surface area (Å²) in [5.74, 6) is -1.26. The summed E-state index contributed by atoms with van der Waals surface area (Å²) >= 11 is 0. The van der Waals surface area contributed by atoms with Gasteiger partial charge in [0.25, 0.3) is 5.91 Å². The summed E-state index contributed by atoms with van der Waals surface area (Å²) in [6, 6.07) is 15.3. The topological polar surface area (TPSA) is 174 Å². The third-order valence-corrected chi connectivity index (χ3v) is 9.19. The first kappa shape index (κ1) is 39.5. The van der Waals surface area contributed by atoms with Crippen LogP contribution < -0.4 is 26.8 Å². The molecule has 5 unspecified atom stereocenters. The highest BCUT2D eigenvalue weighted by atomic mass is 16.5. The Bertz CT molecular complexity index is 1390. The lowest BCUT2D eigenvalue weighted by Gasteiger charge is -2.33. The van der Waals surface area contributed by atoms with E-state index in [0.717, 1.165) is 11.1 Å². The smallest absolute Gasteiger partial charge is 0.318 e. The molecule has 280 valence electrons. The summed E-state index contributed by atoms with van der Waals surface area (Å²) in [6.07, 6.45) is -0.637. The number of ether oxygens (including phenoxy) is 2. The number of aliphatic hydroxyl groups is 1. The summed E-state index contributed by atoms with van der Waals surface area (Å²) in [5, 5.41) is 20.6. The van der Waals surface area contributed by atoms with Crippen molar-refractivity contribution in [2.75, 3.05) is 52.6 Å². The van der Waals surface area contributed by atoms with Gasteiger partial charge >= 0.3 is 12.1 Å². The van der Waals surface area contributed by atoms with Crippen molar-refractivity contribution in [3.63, 3.8) is 0 Å². The number of amides is 6. The van der Waals surface area contributed by atoms with Gasteiger partial charge in [-0.05, 0) is 35.8 Å². The van der Waals surface area contributed by atoms with Crippen LogP contribution >= 0.6 is 0 Å². The molecular weight excluding hydrogens is 654 g/mol. The average molecular weight is 710 g/mol. The zero-order valence-electron chi connectivity index (χ0n) is 30.2. The second kappa shape index (κ2) is 20.0. The molecule has 0 saturated carbocycles. The maximum atomic E-state index is 13.8. The minimum atomic E-state index is -1.08. The van der Waals surface area contributed by atoms with Crippen molar-refractivity contribution in [2.45, 2.75) is 70.8 Å². The number of aliphatic hydroxyl groups excluding tert-OH is 1. The molecule has 6 N–H and O–H groups in total. The normalized spacial score (nSPS) is 17.9. The number of nitrogens with zero attached hydrogens (tertiary/aromatic N) is 2. The van der Waals surface area contributed by atoms with Crippen molar-refractivity contribution in [3.8, 4) is 0 Å². The van der Waals surface area contributed by atoms with Gasteiger partial charge in [-0.3, -0.25) is 15.0 Å². The molecule has 2 aromatic carbocycles. The molecule has 2 aliphatic heterocycles. The maximum absolute atomic E-state index is 13.8. The number of hydrazine groups is 1. The van der Waals surface area contributed by atoms with Crippen LogP contribution in [-0.4, -0.2) is 116 Å². The van der Waals surface area contributed by atoms with Crippen molar-refractivity contribution in [1.29, 1.82) is 0 Å². The highest BCUT2D eigenvalue weighted by Gasteiger charge is 2.33. The van der Waals surface area contributed by atoms with E-state index >= 15 is 0 Å². The molecule has 4 rings (SSSR count). The zero-order chi connectivity index (χ0) is 36.8. The van der Waals surface area contributed by atoms with Gasteiger partial charge in [-0.1, -0.05) is 88.4 Å². The number of rotatable bonds is 15. The number of morpholine rings is 2. The van der Waals surface area contributed by atoms with Crippen LogP contribution in [-0.2, 0) is 25.5 Å². The van der Waals surface area contributed by atoms with E-state index in [1.54, 1.807) is 9.80 Å². The molecule has 0 spiro atoms. The van der Waals surface area contributed by atoms with Gasteiger partial charge in [0.2, 0.25) is 5.91 Å². The molecule has 0 radical (unpaired) electrons. The van der Waals surface area contributed by atoms with Crippen LogP contribution in [0.1, 0.15) is 51.3 Å². The number of nitrogens with one attached hydrogen (secondary N) is 5. The van der Waals surface area contributed by atoms with Crippen LogP contribution in [0.5, 0.6) is 0 Å². The van der Waals surface area contributed by atoms with Crippen molar-refractivity contribution < 1.29 is 33.8 Å². The Kier molecular flexibility index (Phi) is 15.5. The van der Waals surface area contributed by atoms with Crippen LogP contribution in [0, 0.1) is 11.8 Å². The van der Waals surface area contributed by atoms with Gasteiger partial charge in [-0.15, -0.1) is 0 Å². The van der Waals surface area contributed by atoms with Crippen LogP contribution in [0.25, 0.3) is 0 Å². The Balaban J connectivity index is 1.48. The summed E-state index contributed by atoms with van der Waals surface area (Å²) in [6.45, 7) is 11.0. The van der Waals surface area contributed by atoms with E-state index in [1.165, 1.54) is 0 Å². The SMILES string of the molecule is CC(C)C(NC(=O)N1CCOCC1)C(=O)NNC(CC(O)C(Cc1ccccc1)NC(=O)C(NC(=O)N1CCOCC1)C(C)C)c1ccccc1. The lowest BCUT2D eigenvalue weighted by Crippen LogP contribution is -2.58. The number of carbonyl (C=O) groups excluding carboxylic acids is 4. The van der Waals surface area contributed by atoms with Crippen molar-refractivity contribution >= 4 is 23.9 Å². The predicted octanol–water partition coefficient (Wildman–Crippen LogP) is 1.96. The molecule has 51 heavy (non-hydrogen) atoms. The highest BCUT2D eigenvalue weighted by molar-refractivity contribution is 5.88. The van der Waals surface area contributed by atoms with Crippen molar-refractivity contribution in [2.24, 2.45) is 11.8 Å². The quantitative estimate of drug-likeness (QED) is 0.152. The molecule has 5 atom stereocenters. The Labute approximate surface area is 301 Å². The van der Waals surface area contributed by atoms with E-state index in [4.69, 9.17) is 9.47 Å². The molecule has 6 amide bonds. The van der Waals surface area contributed by atoms with Crippen molar-refractivity contribution in [3.05, 3.63) is 71.8 Å². The average Bonchev–Trinajstić information content (AvgIpc) is 3.14. The van der Waals surface area contributed by atoms with Crippen molar-refractivity contribution in [1.82, 2.24) is 36.6 Å². The predicted molar refractivity (Wildman–Crippen MR) is 192 cm³/mol. The van der Waals surface area contributed by atoms with Crippen LogP contribution in [0.2, 0.25) is 0 Å². The number of urea groups is 2. The van der Waals surface area contributed by atoms with Crippen LogP contribution in [0.15, 0.2) is 60.7 Å². The lowest BCUT2D eigenvalue weighted by molar-refractivity contribution is -0.125. The number of carbonyl (C=O) groups is 4. The molecule has 2 saturated heterocycles. The Morgan fingerprint density at radius 3 is 1.65 bits per heavy atom. The fraction of sp³-hybridized carbons (Fsp3) is 0.568. The summed E-state index contributed by atoms with van der Waals surface area (Å²) < 4.78 is 10.7. The second-order valence-electron chi connectivity index (χ2n) is 13.7. The van der Waals surface area contributed by atoms with Gasteiger partial charge in [-0.2, -0.15) is 0 Å². The van der Waals surface area contributed by atoms with E-state index < -0.39 is 42.1 Å². The standard InChI is InChI=1S/C37H55N7O7/c1-25(2)32(39-36(48)43-15-19-50-20-16-43)34(46)38-30(23-27-11-7-5-8-12-27)31(45)24-29(28-13-9-6-10-14-28)41-42-35(47)33(26(3)4)40-37(49)44-17-21-51-22-18-44/h5-14,25-26,29-33,41,45H,15-24H2,1-4H3,(H,38,46)(H,39,48)(H,40,49)(H,42,47). The van der Waals surface area contributed by atoms with Crippen LogP contribution in [0.4, 0.5) is 9.59 Å². The molecule has 14 heteroatoms. The number of hydrogen-bond donors (Lipinski definition) is 6. The second-order valence-corrected chi connectivity index (χ2v) is 13.7. The first-order valence-electron chi connectivity index (χ1n) is 17.9. The largest absolute Gasteiger partial charge is 0.391 e. The van der Waals surface area contributed by atoms with E-state index in [9.17, 15) is 24.3 Å². The third kappa shape index (κ3) is 12.2. The molecule has 2 aromatic rings. The molecule has 0 aromatic heterocycles. The zero-order valence-corrected chi connectivity index (χ0v) is 30.2. The van der Waals surface area contributed by atoms with Gasteiger partial charge < -0.3 is 40.3 Å². The molecule has 2 fully saturated rings. The minimum absolute atomic E-state index is 0.112. The minimum Gasteiger partial charge on any atom is -0.391 e. The molecular formula is C37H55N7O7. The van der Waals surface area contributed by atoms with E-state index in [0.29, 0.717) is 59.0 Å².